The molecule has 2 rings (SSSR count). The van der Waals surface area contributed by atoms with Crippen LogP contribution in [-0.2, 0) is 23.2 Å². The minimum atomic E-state index is -3.66. The predicted octanol–water partition coefficient (Wildman–Crippen LogP) is 1.55. The number of hydrogen-bond acceptors (Lipinski definition) is 4. The molecule has 0 amide bonds. The van der Waals surface area contributed by atoms with Crippen molar-refractivity contribution in [3.63, 3.8) is 0 Å². The number of aryl methyl sites for hydroxylation is 1. The molecule has 0 aliphatic rings. The van der Waals surface area contributed by atoms with Crippen LogP contribution < -0.4 is 10.5 Å². The molecule has 0 heterocycles. The van der Waals surface area contributed by atoms with Crippen LogP contribution in [0.5, 0.6) is 0 Å². The Morgan fingerprint density at radius 3 is 2.52 bits per heavy atom. The molecule has 0 saturated carbocycles. The Morgan fingerprint density at radius 1 is 1.14 bits per heavy atom. The minimum Gasteiger partial charge on any atom is -0.398 e. The van der Waals surface area contributed by atoms with Gasteiger partial charge < -0.3 is 10.8 Å². The quantitative estimate of drug-likeness (QED) is 0.731. The van der Waals surface area contributed by atoms with E-state index in [-0.39, 0.29) is 23.7 Å². The van der Waals surface area contributed by atoms with E-state index in [1.165, 1.54) is 6.07 Å². The van der Waals surface area contributed by atoms with E-state index in [9.17, 15) is 8.42 Å². The van der Waals surface area contributed by atoms with Crippen LogP contribution in [0, 0.1) is 6.92 Å². The van der Waals surface area contributed by atoms with Crippen molar-refractivity contribution >= 4 is 15.7 Å². The summed E-state index contributed by atoms with van der Waals surface area (Å²) >= 11 is 0. The van der Waals surface area contributed by atoms with E-state index in [1.54, 1.807) is 36.4 Å². The summed E-state index contributed by atoms with van der Waals surface area (Å²) in [5.41, 5.74) is 8.41. The van der Waals surface area contributed by atoms with Gasteiger partial charge in [-0.1, -0.05) is 30.3 Å². The second kappa shape index (κ2) is 6.26. The fraction of sp³-hybridized carbons (Fsp3) is 0.200. The number of sulfonamides is 1. The van der Waals surface area contributed by atoms with Crippen molar-refractivity contribution < 1.29 is 13.5 Å². The van der Waals surface area contributed by atoms with Crippen molar-refractivity contribution in [1.29, 1.82) is 0 Å². The van der Waals surface area contributed by atoms with Crippen LogP contribution in [0.1, 0.15) is 16.7 Å². The summed E-state index contributed by atoms with van der Waals surface area (Å²) < 4.78 is 27.0. The van der Waals surface area contributed by atoms with Gasteiger partial charge in [-0.15, -0.1) is 0 Å². The van der Waals surface area contributed by atoms with Gasteiger partial charge in [-0.3, -0.25) is 0 Å². The van der Waals surface area contributed by atoms with Crippen LogP contribution in [0.2, 0.25) is 0 Å². The summed E-state index contributed by atoms with van der Waals surface area (Å²) in [6.07, 6.45) is 0. The number of hydrogen-bond donors (Lipinski definition) is 3. The molecule has 0 aliphatic heterocycles. The fourth-order valence-electron chi connectivity index (χ4n) is 2.01. The maximum absolute atomic E-state index is 12.3. The Hall–Kier alpha value is -1.89. The van der Waals surface area contributed by atoms with E-state index in [2.05, 4.69) is 4.72 Å². The lowest BCUT2D eigenvalue weighted by molar-refractivity contribution is 0.281. The lowest BCUT2D eigenvalue weighted by Gasteiger charge is -2.10. The van der Waals surface area contributed by atoms with Gasteiger partial charge in [0.1, 0.15) is 4.90 Å². The van der Waals surface area contributed by atoms with Crippen molar-refractivity contribution in [2.75, 3.05) is 5.73 Å². The van der Waals surface area contributed by atoms with E-state index < -0.39 is 10.0 Å². The van der Waals surface area contributed by atoms with E-state index in [0.29, 0.717) is 0 Å². The van der Waals surface area contributed by atoms with Gasteiger partial charge in [-0.2, -0.15) is 0 Å². The first kappa shape index (κ1) is 15.5. The molecule has 4 N–H and O–H groups in total. The van der Waals surface area contributed by atoms with Crippen LogP contribution >= 0.6 is 0 Å². The third kappa shape index (κ3) is 3.81. The van der Waals surface area contributed by atoms with Crippen LogP contribution in [-0.4, -0.2) is 13.5 Å². The van der Waals surface area contributed by atoms with Crippen LogP contribution in [0.4, 0.5) is 5.69 Å². The monoisotopic (exact) mass is 306 g/mol. The van der Waals surface area contributed by atoms with Gasteiger partial charge in [0.15, 0.2) is 0 Å². The minimum absolute atomic E-state index is 0.0754. The number of aliphatic hydroxyl groups is 1. The van der Waals surface area contributed by atoms with Crippen molar-refractivity contribution in [1.82, 2.24) is 4.72 Å². The molecule has 0 aromatic heterocycles. The molecule has 6 heteroatoms. The fourth-order valence-corrected chi connectivity index (χ4v) is 3.14. The lowest BCUT2D eigenvalue weighted by atomic mass is 10.1. The molecule has 0 unspecified atom stereocenters. The second-order valence-corrected chi connectivity index (χ2v) is 6.58. The predicted molar refractivity (Wildman–Crippen MR) is 82.0 cm³/mol. The van der Waals surface area contributed by atoms with Gasteiger partial charge >= 0.3 is 0 Å². The molecule has 0 saturated heterocycles. The Bertz CT molecular complexity index is 742. The molecule has 5 nitrogen and oxygen atoms in total. The van der Waals surface area contributed by atoms with Crippen molar-refractivity contribution in [2.24, 2.45) is 0 Å². The van der Waals surface area contributed by atoms with Crippen molar-refractivity contribution in [3.05, 3.63) is 59.2 Å². The summed E-state index contributed by atoms with van der Waals surface area (Å²) in [7, 11) is -3.66. The lowest BCUT2D eigenvalue weighted by Crippen LogP contribution is -2.24. The first-order valence-electron chi connectivity index (χ1n) is 6.47. The highest BCUT2D eigenvalue weighted by Crippen LogP contribution is 2.19. The summed E-state index contributed by atoms with van der Waals surface area (Å²) in [6, 6.07) is 11.9. The third-order valence-electron chi connectivity index (χ3n) is 3.10. The molecule has 0 spiro atoms. The molecule has 2 aromatic rings. The van der Waals surface area contributed by atoms with Gasteiger partial charge in [0.05, 0.1) is 12.3 Å². The average molecular weight is 306 g/mol. The highest BCUT2D eigenvalue weighted by atomic mass is 32.2. The van der Waals surface area contributed by atoms with E-state index in [1.807, 2.05) is 6.92 Å². The topological polar surface area (TPSA) is 92.4 Å². The molecule has 2 aromatic carbocycles. The van der Waals surface area contributed by atoms with Crippen molar-refractivity contribution in [2.45, 2.75) is 25.0 Å². The summed E-state index contributed by atoms with van der Waals surface area (Å²) in [5, 5.41) is 9.08. The number of anilines is 1. The van der Waals surface area contributed by atoms with E-state index in [0.717, 1.165) is 16.7 Å². The summed E-state index contributed by atoms with van der Waals surface area (Å²) in [6.45, 7) is 1.91. The zero-order valence-corrected chi connectivity index (χ0v) is 12.5. The largest absolute Gasteiger partial charge is 0.398 e. The Labute approximate surface area is 124 Å². The van der Waals surface area contributed by atoms with Gasteiger partial charge in [-0.05, 0) is 35.7 Å². The highest BCUT2D eigenvalue weighted by Gasteiger charge is 2.16. The van der Waals surface area contributed by atoms with Crippen LogP contribution in [0.3, 0.4) is 0 Å². The van der Waals surface area contributed by atoms with Gasteiger partial charge in [0, 0.05) is 6.54 Å². The number of rotatable bonds is 5. The third-order valence-corrected chi connectivity index (χ3v) is 4.57. The van der Waals surface area contributed by atoms with Gasteiger partial charge in [0.2, 0.25) is 10.0 Å². The maximum Gasteiger partial charge on any atom is 0.242 e. The summed E-state index contributed by atoms with van der Waals surface area (Å²) in [4.78, 5) is 0.0754. The van der Waals surface area contributed by atoms with Crippen LogP contribution in [0.25, 0.3) is 0 Å². The number of nitrogens with two attached hydrogens (primary N) is 1. The Kier molecular flexibility index (Phi) is 4.62. The normalized spacial score (nSPS) is 11.5. The molecular weight excluding hydrogens is 288 g/mol. The number of aliphatic hydroxyl groups excluding tert-OH is 1. The first-order valence-corrected chi connectivity index (χ1v) is 7.95. The molecule has 0 radical (unpaired) electrons. The molecule has 112 valence electrons. The molecule has 21 heavy (non-hydrogen) atoms. The Balaban J connectivity index is 2.17. The smallest absolute Gasteiger partial charge is 0.242 e. The summed E-state index contributed by atoms with van der Waals surface area (Å²) in [5.74, 6) is 0. The maximum atomic E-state index is 12.3. The second-order valence-electron chi connectivity index (χ2n) is 4.84. The van der Waals surface area contributed by atoms with Gasteiger partial charge in [0.25, 0.3) is 0 Å². The average Bonchev–Trinajstić information content (AvgIpc) is 2.45. The number of benzene rings is 2. The van der Waals surface area contributed by atoms with E-state index >= 15 is 0 Å². The molecule has 0 fully saturated rings. The zero-order chi connectivity index (χ0) is 15.5. The standard InChI is InChI=1S/C15H18N2O3S/c1-11-5-6-15(14(16)7-11)21(19,20)17-9-12-3-2-4-13(8-12)10-18/h2-8,17-18H,9-10,16H2,1H3. The van der Waals surface area contributed by atoms with Crippen LogP contribution in [0.15, 0.2) is 47.4 Å². The Morgan fingerprint density at radius 2 is 1.86 bits per heavy atom. The molecule has 0 atom stereocenters. The van der Waals surface area contributed by atoms with Gasteiger partial charge in [-0.25, -0.2) is 13.1 Å². The highest BCUT2D eigenvalue weighted by molar-refractivity contribution is 7.89. The number of nitrogen functional groups attached to an aromatic ring is 1. The number of nitrogens with one attached hydrogen (secondary N) is 1. The first-order chi connectivity index (χ1) is 9.92. The zero-order valence-electron chi connectivity index (χ0n) is 11.7. The molecular formula is C15H18N2O3S. The molecule has 0 bridgehead atoms. The van der Waals surface area contributed by atoms with Crippen molar-refractivity contribution in [3.8, 4) is 0 Å². The molecule has 0 aliphatic carbocycles. The SMILES string of the molecule is Cc1ccc(S(=O)(=O)NCc2cccc(CO)c2)c(N)c1. The van der Waals surface area contributed by atoms with E-state index in [4.69, 9.17) is 10.8 Å².